The predicted molar refractivity (Wildman–Crippen MR) is 77.8 cm³/mol. The van der Waals surface area contributed by atoms with Crippen LogP contribution in [0.2, 0.25) is 5.02 Å². The van der Waals surface area contributed by atoms with Gasteiger partial charge in [0.2, 0.25) is 0 Å². The normalized spacial score (nSPS) is 14.1. The standard InChI is InChI=1S/C16H16ClF2N/c1-10(12-4-3-5-13(17)8-12)20-11(2)15-9-14(18)6-7-16(15)19/h3-11,20H,1-2H3/t10-,11?/m1/s1. The molecule has 0 spiro atoms. The molecular weight excluding hydrogens is 280 g/mol. The Labute approximate surface area is 122 Å². The zero-order valence-corrected chi connectivity index (χ0v) is 12.1. The largest absolute Gasteiger partial charge is 0.304 e. The third kappa shape index (κ3) is 3.56. The lowest BCUT2D eigenvalue weighted by atomic mass is 10.0. The van der Waals surface area contributed by atoms with Crippen LogP contribution < -0.4 is 5.32 Å². The second-order valence-corrected chi connectivity index (χ2v) is 5.27. The SMILES string of the molecule is CC(N[C@H](C)c1cccc(Cl)c1)c1cc(F)ccc1F. The van der Waals surface area contributed by atoms with Crippen LogP contribution in [0.3, 0.4) is 0 Å². The van der Waals surface area contributed by atoms with Crippen molar-refractivity contribution >= 4 is 11.6 Å². The van der Waals surface area contributed by atoms with Gasteiger partial charge in [-0.05, 0) is 49.7 Å². The van der Waals surface area contributed by atoms with Crippen LogP contribution in [-0.2, 0) is 0 Å². The first-order valence-corrected chi connectivity index (χ1v) is 6.81. The van der Waals surface area contributed by atoms with Gasteiger partial charge >= 0.3 is 0 Å². The number of hydrogen-bond donors (Lipinski definition) is 1. The van der Waals surface area contributed by atoms with E-state index in [-0.39, 0.29) is 12.1 Å². The Morgan fingerprint density at radius 3 is 2.45 bits per heavy atom. The minimum Gasteiger partial charge on any atom is -0.304 e. The fraction of sp³-hybridized carbons (Fsp3) is 0.250. The minimum atomic E-state index is -0.439. The van der Waals surface area contributed by atoms with E-state index >= 15 is 0 Å². The molecule has 0 fully saturated rings. The maximum Gasteiger partial charge on any atom is 0.128 e. The molecule has 20 heavy (non-hydrogen) atoms. The maximum atomic E-state index is 13.7. The molecule has 1 unspecified atom stereocenters. The van der Waals surface area contributed by atoms with E-state index in [2.05, 4.69) is 5.32 Å². The highest BCUT2D eigenvalue weighted by molar-refractivity contribution is 6.30. The summed E-state index contributed by atoms with van der Waals surface area (Å²) < 4.78 is 26.9. The smallest absolute Gasteiger partial charge is 0.128 e. The first-order valence-electron chi connectivity index (χ1n) is 6.44. The average Bonchev–Trinajstić information content (AvgIpc) is 2.41. The summed E-state index contributed by atoms with van der Waals surface area (Å²) in [4.78, 5) is 0. The van der Waals surface area contributed by atoms with Crippen LogP contribution in [0.1, 0.15) is 37.1 Å². The number of rotatable bonds is 4. The Kier molecular flexibility index (Phi) is 4.73. The van der Waals surface area contributed by atoms with E-state index in [0.29, 0.717) is 10.6 Å². The molecule has 2 aromatic carbocycles. The molecule has 0 bridgehead atoms. The van der Waals surface area contributed by atoms with Crippen molar-refractivity contribution in [3.63, 3.8) is 0 Å². The van der Waals surface area contributed by atoms with E-state index < -0.39 is 11.6 Å². The van der Waals surface area contributed by atoms with Crippen LogP contribution in [0, 0.1) is 11.6 Å². The van der Waals surface area contributed by atoms with Gasteiger partial charge in [0.15, 0.2) is 0 Å². The van der Waals surface area contributed by atoms with Crippen molar-refractivity contribution in [2.24, 2.45) is 0 Å². The predicted octanol–water partition coefficient (Wildman–Crippen LogP) is 5.03. The van der Waals surface area contributed by atoms with Gasteiger partial charge < -0.3 is 5.32 Å². The summed E-state index contributed by atoms with van der Waals surface area (Å²) in [6, 6.07) is 10.6. The van der Waals surface area contributed by atoms with Gasteiger partial charge in [0.05, 0.1) is 0 Å². The molecule has 2 rings (SSSR count). The van der Waals surface area contributed by atoms with Crippen molar-refractivity contribution in [1.82, 2.24) is 5.32 Å². The van der Waals surface area contributed by atoms with Gasteiger partial charge in [0, 0.05) is 22.7 Å². The third-order valence-electron chi connectivity index (χ3n) is 3.27. The van der Waals surface area contributed by atoms with Gasteiger partial charge in [-0.25, -0.2) is 8.78 Å². The Balaban J connectivity index is 2.15. The maximum absolute atomic E-state index is 13.7. The highest BCUT2D eigenvalue weighted by atomic mass is 35.5. The molecule has 0 aliphatic heterocycles. The van der Waals surface area contributed by atoms with Crippen LogP contribution in [0.15, 0.2) is 42.5 Å². The summed E-state index contributed by atoms with van der Waals surface area (Å²) >= 11 is 5.95. The second-order valence-electron chi connectivity index (χ2n) is 4.83. The molecule has 0 aromatic heterocycles. The molecule has 0 heterocycles. The van der Waals surface area contributed by atoms with E-state index in [0.717, 1.165) is 17.7 Å². The molecule has 2 aromatic rings. The summed E-state index contributed by atoms with van der Waals surface area (Å²) in [6.45, 7) is 3.76. The van der Waals surface area contributed by atoms with E-state index in [1.54, 1.807) is 13.0 Å². The topological polar surface area (TPSA) is 12.0 Å². The lowest BCUT2D eigenvalue weighted by Crippen LogP contribution is -2.23. The van der Waals surface area contributed by atoms with E-state index in [9.17, 15) is 8.78 Å². The lowest BCUT2D eigenvalue weighted by molar-refractivity contribution is 0.470. The van der Waals surface area contributed by atoms with Crippen molar-refractivity contribution in [2.75, 3.05) is 0 Å². The minimum absolute atomic E-state index is 0.0219. The fourth-order valence-corrected chi connectivity index (χ4v) is 2.38. The third-order valence-corrected chi connectivity index (χ3v) is 3.51. The van der Waals surface area contributed by atoms with E-state index in [1.165, 1.54) is 6.07 Å². The summed E-state index contributed by atoms with van der Waals surface area (Å²) in [7, 11) is 0. The zero-order chi connectivity index (χ0) is 14.7. The Morgan fingerprint density at radius 1 is 1.00 bits per heavy atom. The monoisotopic (exact) mass is 295 g/mol. The van der Waals surface area contributed by atoms with Crippen LogP contribution in [-0.4, -0.2) is 0 Å². The first kappa shape index (κ1) is 14.9. The quantitative estimate of drug-likeness (QED) is 0.834. The van der Waals surface area contributed by atoms with Crippen molar-refractivity contribution < 1.29 is 8.78 Å². The molecule has 0 amide bonds. The van der Waals surface area contributed by atoms with Crippen LogP contribution >= 0.6 is 11.6 Å². The summed E-state index contributed by atoms with van der Waals surface area (Å²) in [6.07, 6.45) is 0. The number of nitrogens with one attached hydrogen (secondary N) is 1. The Morgan fingerprint density at radius 2 is 1.75 bits per heavy atom. The molecule has 2 atom stereocenters. The Bertz CT molecular complexity index is 601. The molecular formula is C16H16ClF2N. The molecule has 0 aliphatic carbocycles. The van der Waals surface area contributed by atoms with Crippen molar-refractivity contribution in [3.8, 4) is 0 Å². The highest BCUT2D eigenvalue weighted by Crippen LogP contribution is 2.23. The van der Waals surface area contributed by atoms with Crippen molar-refractivity contribution in [2.45, 2.75) is 25.9 Å². The van der Waals surface area contributed by atoms with E-state index in [4.69, 9.17) is 11.6 Å². The van der Waals surface area contributed by atoms with Gasteiger partial charge in [-0.1, -0.05) is 23.7 Å². The van der Waals surface area contributed by atoms with Gasteiger partial charge in [-0.15, -0.1) is 0 Å². The molecule has 0 saturated carbocycles. The molecule has 0 radical (unpaired) electrons. The van der Waals surface area contributed by atoms with Gasteiger partial charge in [0.25, 0.3) is 0 Å². The van der Waals surface area contributed by atoms with Gasteiger partial charge in [0.1, 0.15) is 11.6 Å². The zero-order valence-electron chi connectivity index (χ0n) is 11.3. The number of halogens is 3. The van der Waals surface area contributed by atoms with Crippen LogP contribution in [0.5, 0.6) is 0 Å². The first-order chi connectivity index (χ1) is 9.47. The summed E-state index contributed by atoms with van der Waals surface area (Å²) in [5.74, 6) is -0.852. The van der Waals surface area contributed by atoms with Crippen LogP contribution in [0.25, 0.3) is 0 Å². The molecule has 0 saturated heterocycles. The average molecular weight is 296 g/mol. The van der Waals surface area contributed by atoms with Gasteiger partial charge in [-0.3, -0.25) is 0 Å². The van der Waals surface area contributed by atoms with Gasteiger partial charge in [-0.2, -0.15) is 0 Å². The number of hydrogen-bond acceptors (Lipinski definition) is 1. The Hall–Kier alpha value is -1.45. The molecule has 106 valence electrons. The molecule has 1 nitrogen and oxygen atoms in total. The fourth-order valence-electron chi connectivity index (χ4n) is 2.18. The summed E-state index contributed by atoms with van der Waals surface area (Å²) in [5, 5.41) is 3.90. The highest BCUT2D eigenvalue weighted by Gasteiger charge is 2.15. The lowest BCUT2D eigenvalue weighted by Gasteiger charge is -2.21. The summed E-state index contributed by atoms with van der Waals surface area (Å²) in [5.41, 5.74) is 1.32. The molecule has 4 heteroatoms. The number of benzene rings is 2. The molecule has 1 N–H and O–H groups in total. The second kappa shape index (κ2) is 6.33. The van der Waals surface area contributed by atoms with Crippen molar-refractivity contribution in [1.29, 1.82) is 0 Å². The van der Waals surface area contributed by atoms with E-state index in [1.807, 2.05) is 25.1 Å². The molecule has 0 aliphatic rings. The van der Waals surface area contributed by atoms with Crippen molar-refractivity contribution in [3.05, 3.63) is 70.2 Å². The van der Waals surface area contributed by atoms with Crippen LogP contribution in [0.4, 0.5) is 8.78 Å².